The first-order valence-corrected chi connectivity index (χ1v) is 6.96. The summed E-state index contributed by atoms with van der Waals surface area (Å²) in [5.41, 5.74) is -1.19. The predicted octanol–water partition coefficient (Wildman–Crippen LogP) is 0.673. The summed E-state index contributed by atoms with van der Waals surface area (Å²) >= 11 is 0. The number of rotatable bonds is 3. The van der Waals surface area contributed by atoms with Crippen LogP contribution in [0.15, 0.2) is 36.5 Å². The molecular weight excluding hydrogens is 305 g/mol. The molecule has 1 unspecified atom stereocenters. The van der Waals surface area contributed by atoms with Crippen molar-refractivity contribution in [3.63, 3.8) is 0 Å². The molecule has 3 rings (SSSR count). The average molecular weight is 319 g/mol. The van der Waals surface area contributed by atoms with Crippen molar-refractivity contribution in [2.24, 2.45) is 0 Å². The molecule has 8 heteroatoms. The molecule has 1 aliphatic rings. The van der Waals surface area contributed by atoms with Crippen LogP contribution in [0, 0.1) is 5.82 Å². The average Bonchev–Trinajstić information content (AvgIpc) is 3.15. The summed E-state index contributed by atoms with van der Waals surface area (Å²) in [7, 11) is 0. The number of hydrogen-bond donors (Lipinski definition) is 2. The van der Waals surface area contributed by atoms with Crippen LogP contribution in [0.1, 0.15) is 16.9 Å². The zero-order valence-electron chi connectivity index (χ0n) is 12.0. The first-order valence-electron chi connectivity index (χ1n) is 6.96. The highest BCUT2D eigenvalue weighted by Crippen LogP contribution is 2.23. The molecule has 0 spiro atoms. The molecule has 1 aliphatic heterocycles. The van der Waals surface area contributed by atoms with Crippen LogP contribution in [0.25, 0.3) is 5.69 Å². The van der Waals surface area contributed by atoms with Crippen LogP contribution in [-0.4, -0.2) is 55.5 Å². The van der Waals surface area contributed by atoms with E-state index in [0.717, 1.165) is 0 Å². The van der Waals surface area contributed by atoms with Crippen LogP contribution in [0.4, 0.5) is 4.39 Å². The summed E-state index contributed by atoms with van der Waals surface area (Å²) in [6.45, 7) is -0.129. The van der Waals surface area contributed by atoms with Gasteiger partial charge in [0.2, 0.25) is 0 Å². The van der Waals surface area contributed by atoms with Crippen molar-refractivity contribution >= 4 is 11.9 Å². The van der Waals surface area contributed by atoms with E-state index < -0.39 is 17.5 Å². The number of β-amino-alcohol motifs (C(OH)–C–C–N with tert-alkyl or cyclic N) is 1. The molecule has 0 saturated carbocycles. The molecule has 1 fully saturated rings. The lowest BCUT2D eigenvalue weighted by Crippen LogP contribution is -2.42. The summed E-state index contributed by atoms with van der Waals surface area (Å²) < 4.78 is 14.3. The number of carbonyl (C=O) groups excluding carboxylic acids is 1. The first kappa shape index (κ1) is 15.2. The zero-order chi connectivity index (χ0) is 16.6. The van der Waals surface area contributed by atoms with Crippen molar-refractivity contribution in [3.8, 4) is 5.69 Å². The molecular formula is C15H14FN3O4. The standard InChI is InChI=1S/C15H14FN3O4/c16-10-1-3-11(4-2-10)19-7-5-12(17-19)13(20)18-8-6-15(23,9-18)14(21)22/h1-5,7,23H,6,8-9H2,(H,21,22). The number of aliphatic hydroxyl groups is 1. The Kier molecular flexibility index (Phi) is 3.61. The van der Waals surface area contributed by atoms with Crippen molar-refractivity contribution in [2.45, 2.75) is 12.0 Å². The minimum Gasteiger partial charge on any atom is -0.479 e. The maximum absolute atomic E-state index is 12.9. The van der Waals surface area contributed by atoms with Gasteiger partial charge >= 0.3 is 5.97 Å². The largest absolute Gasteiger partial charge is 0.479 e. The lowest BCUT2D eigenvalue weighted by Gasteiger charge is -2.18. The molecule has 1 aromatic heterocycles. The third-order valence-electron chi connectivity index (χ3n) is 3.83. The molecule has 1 atom stereocenters. The van der Waals surface area contributed by atoms with E-state index in [1.165, 1.54) is 39.9 Å². The van der Waals surface area contributed by atoms with Crippen molar-refractivity contribution < 1.29 is 24.2 Å². The number of amides is 1. The fourth-order valence-electron chi connectivity index (χ4n) is 2.48. The number of nitrogens with zero attached hydrogens (tertiary/aromatic N) is 3. The fraction of sp³-hybridized carbons (Fsp3) is 0.267. The highest BCUT2D eigenvalue weighted by Gasteiger charge is 2.45. The monoisotopic (exact) mass is 319 g/mol. The van der Waals surface area contributed by atoms with E-state index in [4.69, 9.17) is 5.11 Å². The number of carboxylic acids is 1. The molecule has 0 bridgehead atoms. The highest BCUT2D eigenvalue weighted by atomic mass is 19.1. The maximum Gasteiger partial charge on any atom is 0.337 e. The van der Waals surface area contributed by atoms with Crippen molar-refractivity contribution in [3.05, 3.63) is 48.0 Å². The van der Waals surface area contributed by atoms with Gasteiger partial charge in [-0.15, -0.1) is 0 Å². The number of carboxylic acid groups (broad SMARTS) is 1. The molecule has 1 aromatic carbocycles. The number of aromatic nitrogens is 2. The molecule has 2 aromatic rings. The topological polar surface area (TPSA) is 95.7 Å². The summed E-state index contributed by atoms with van der Waals surface area (Å²) in [4.78, 5) is 24.6. The van der Waals surface area contributed by atoms with Crippen molar-refractivity contribution in [1.29, 1.82) is 0 Å². The van der Waals surface area contributed by atoms with Gasteiger partial charge in [-0.3, -0.25) is 4.79 Å². The van der Waals surface area contributed by atoms with Gasteiger partial charge in [0.05, 0.1) is 12.2 Å². The highest BCUT2D eigenvalue weighted by molar-refractivity contribution is 5.93. The Morgan fingerprint density at radius 3 is 2.52 bits per heavy atom. The number of aliphatic carboxylic acids is 1. The number of benzene rings is 1. The van der Waals surface area contributed by atoms with E-state index >= 15 is 0 Å². The lowest BCUT2D eigenvalue weighted by atomic mass is 10.0. The van der Waals surface area contributed by atoms with Gasteiger partial charge < -0.3 is 15.1 Å². The Balaban J connectivity index is 1.77. The molecule has 2 heterocycles. The minimum absolute atomic E-state index is 0.0211. The van der Waals surface area contributed by atoms with Crippen LogP contribution in [0.2, 0.25) is 0 Å². The van der Waals surface area contributed by atoms with E-state index in [1.54, 1.807) is 6.20 Å². The van der Waals surface area contributed by atoms with Gasteiger partial charge in [0.1, 0.15) is 5.82 Å². The van der Waals surface area contributed by atoms with Gasteiger partial charge in [-0.1, -0.05) is 0 Å². The summed E-state index contributed by atoms with van der Waals surface area (Å²) in [5, 5.41) is 23.0. The summed E-state index contributed by atoms with van der Waals surface area (Å²) in [6.07, 6.45) is 1.53. The number of likely N-dealkylation sites (tertiary alicyclic amines) is 1. The van der Waals surface area contributed by atoms with Crippen LogP contribution in [-0.2, 0) is 4.79 Å². The Bertz CT molecular complexity index is 758. The predicted molar refractivity (Wildman–Crippen MR) is 76.6 cm³/mol. The van der Waals surface area contributed by atoms with Gasteiger partial charge in [0.25, 0.3) is 5.91 Å². The van der Waals surface area contributed by atoms with Gasteiger partial charge in [0, 0.05) is 19.2 Å². The van der Waals surface area contributed by atoms with Crippen molar-refractivity contribution in [1.82, 2.24) is 14.7 Å². The van der Waals surface area contributed by atoms with Gasteiger partial charge in [0.15, 0.2) is 11.3 Å². The third kappa shape index (κ3) is 2.80. The van der Waals surface area contributed by atoms with Gasteiger partial charge in [-0.05, 0) is 30.3 Å². The fourth-order valence-corrected chi connectivity index (χ4v) is 2.48. The molecule has 7 nitrogen and oxygen atoms in total. The SMILES string of the molecule is O=C(c1ccn(-c2ccc(F)cc2)n1)N1CCC(O)(C(=O)O)C1. The Hall–Kier alpha value is -2.74. The van der Waals surface area contributed by atoms with Crippen molar-refractivity contribution in [2.75, 3.05) is 13.1 Å². The molecule has 120 valence electrons. The van der Waals surface area contributed by atoms with E-state index in [-0.39, 0.29) is 31.0 Å². The summed E-state index contributed by atoms with van der Waals surface area (Å²) in [5.74, 6) is -2.17. The van der Waals surface area contributed by atoms with Gasteiger partial charge in [-0.25, -0.2) is 13.9 Å². The second-order valence-electron chi connectivity index (χ2n) is 5.44. The number of halogens is 1. The summed E-state index contributed by atoms with van der Waals surface area (Å²) in [6, 6.07) is 7.10. The van der Waals surface area contributed by atoms with E-state index in [2.05, 4.69) is 5.10 Å². The molecule has 1 amide bonds. The second-order valence-corrected chi connectivity index (χ2v) is 5.44. The zero-order valence-corrected chi connectivity index (χ0v) is 12.0. The molecule has 0 radical (unpaired) electrons. The molecule has 1 saturated heterocycles. The molecule has 0 aliphatic carbocycles. The van der Waals surface area contributed by atoms with E-state index in [0.29, 0.717) is 5.69 Å². The minimum atomic E-state index is -1.91. The second kappa shape index (κ2) is 5.47. The Labute approximate surface area is 130 Å². The van der Waals surface area contributed by atoms with E-state index in [9.17, 15) is 19.1 Å². The first-order chi connectivity index (χ1) is 10.9. The van der Waals surface area contributed by atoms with E-state index in [1.807, 2.05) is 0 Å². The normalized spacial score (nSPS) is 20.7. The van der Waals surface area contributed by atoms with Crippen LogP contribution < -0.4 is 0 Å². The lowest BCUT2D eigenvalue weighted by molar-refractivity contribution is -0.156. The Morgan fingerprint density at radius 1 is 1.22 bits per heavy atom. The van der Waals surface area contributed by atoms with Crippen LogP contribution in [0.3, 0.4) is 0 Å². The molecule has 2 N–H and O–H groups in total. The Morgan fingerprint density at radius 2 is 1.91 bits per heavy atom. The number of hydrogen-bond acceptors (Lipinski definition) is 4. The molecule has 23 heavy (non-hydrogen) atoms. The van der Waals surface area contributed by atoms with Crippen LogP contribution in [0.5, 0.6) is 0 Å². The number of carbonyl (C=O) groups is 2. The van der Waals surface area contributed by atoms with Crippen LogP contribution >= 0.6 is 0 Å². The maximum atomic E-state index is 12.9. The smallest absolute Gasteiger partial charge is 0.337 e. The quantitative estimate of drug-likeness (QED) is 0.867. The third-order valence-corrected chi connectivity index (χ3v) is 3.83. The van der Waals surface area contributed by atoms with Gasteiger partial charge in [-0.2, -0.15) is 5.10 Å².